The van der Waals surface area contributed by atoms with Gasteiger partial charge in [0.15, 0.2) is 5.60 Å². The highest BCUT2D eigenvalue weighted by atomic mass is 16.7. The van der Waals surface area contributed by atoms with Crippen molar-refractivity contribution in [1.29, 1.82) is 0 Å². The molecule has 4 aliphatic rings. The second-order valence-electron chi connectivity index (χ2n) is 7.00. The molecular formula is C15H22O4. The maximum atomic E-state index is 11.5. The summed E-state index contributed by atoms with van der Waals surface area (Å²) in [5, 5.41) is 9.44. The predicted octanol–water partition coefficient (Wildman–Crippen LogP) is 2.36. The Kier molecular flexibility index (Phi) is 2.39. The van der Waals surface area contributed by atoms with E-state index in [0.29, 0.717) is 30.5 Å². The van der Waals surface area contributed by atoms with Gasteiger partial charge in [-0.3, -0.25) is 0 Å². The molecule has 2 saturated carbocycles. The molecule has 0 bridgehead atoms. The zero-order chi connectivity index (χ0) is 13.3. The molecule has 0 radical (unpaired) electrons. The van der Waals surface area contributed by atoms with E-state index in [0.717, 1.165) is 19.3 Å². The molecule has 6 atom stereocenters. The fourth-order valence-corrected chi connectivity index (χ4v) is 4.79. The summed E-state index contributed by atoms with van der Waals surface area (Å²) < 4.78 is 11.5. The molecule has 106 valence electrons. The van der Waals surface area contributed by atoms with Crippen molar-refractivity contribution >= 4 is 5.97 Å². The second-order valence-corrected chi connectivity index (χ2v) is 7.00. The Morgan fingerprint density at radius 1 is 1.32 bits per heavy atom. The number of epoxide rings is 2. The number of carboxylic acid groups (broad SMARTS) is 1. The molecule has 2 aliphatic heterocycles. The summed E-state index contributed by atoms with van der Waals surface area (Å²) in [5.74, 6) is 0.267. The van der Waals surface area contributed by atoms with Gasteiger partial charge in [0.2, 0.25) is 0 Å². The predicted molar refractivity (Wildman–Crippen MR) is 67.8 cm³/mol. The number of hydrogen-bond acceptors (Lipinski definition) is 3. The van der Waals surface area contributed by atoms with Gasteiger partial charge in [0.25, 0.3) is 0 Å². The molecular weight excluding hydrogens is 244 g/mol. The van der Waals surface area contributed by atoms with Crippen LogP contribution in [0.15, 0.2) is 0 Å². The largest absolute Gasteiger partial charge is 0.479 e. The Bertz CT molecular complexity index is 422. The van der Waals surface area contributed by atoms with Crippen molar-refractivity contribution in [3.8, 4) is 0 Å². The first kappa shape index (κ1) is 12.2. The van der Waals surface area contributed by atoms with Crippen LogP contribution in [0.4, 0.5) is 0 Å². The monoisotopic (exact) mass is 266 g/mol. The van der Waals surface area contributed by atoms with Gasteiger partial charge in [0, 0.05) is 0 Å². The third kappa shape index (κ3) is 1.56. The Balaban J connectivity index is 1.48. The van der Waals surface area contributed by atoms with Crippen LogP contribution in [0.1, 0.15) is 51.9 Å². The number of carboxylic acids is 1. The Labute approximate surface area is 113 Å². The number of carbonyl (C=O) groups is 1. The molecule has 2 heterocycles. The van der Waals surface area contributed by atoms with Crippen molar-refractivity contribution in [3.05, 3.63) is 0 Å². The molecule has 4 heteroatoms. The van der Waals surface area contributed by atoms with Crippen LogP contribution < -0.4 is 0 Å². The van der Waals surface area contributed by atoms with E-state index in [9.17, 15) is 9.90 Å². The van der Waals surface area contributed by atoms with Crippen molar-refractivity contribution in [2.24, 2.45) is 11.8 Å². The molecule has 4 fully saturated rings. The topological polar surface area (TPSA) is 62.4 Å². The van der Waals surface area contributed by atoms with Crippen molar-refractivity contribution in [1.82, 2.24) is 0 Å². The van der Waals surface area contributed by atoms with Gasteiger partial charge in [-0.2, -0.15) is 0 Å². The van der Waals surface area contributed by atoms with Crippen molar-refractivity contribution in [3.63, 3.8) is 0 Å². The maximum Gasteiger partial charge on any atom is 0.339 e. The minimum atomic E-state index is -0.867. The fraction of sp³-hybridized carbons (Fsp3) is 0.933. The van der Waals surface area contributed by atoms with Gasteiger partial charge in [0.1, 0.15) is 5.60 Å². The van der Waals surface area contributed by atoms with E-state index < -0.39 is 17.2 Å². The molecule has 4 rings (SSSR count). The Hall–Kier alpha value is -0.610. The molecule has 6 unspecified atom stereocenters. The van der Waals surface area contributed by atoms with Crippen LogP contribution >= 0.6 is 0 Å². The van der Waals surface area contributed by atoms with E-state index in [2.05, 4.69) is 0 Å². The van der Waals surface area contributed by atoms with Crippen LogP contribution in [0.25, 0.3) is 0 Å². The summed E-state index contributed by atoms with van der Waals surface area (Å²) in [7, 11) is 0. The Morgan fingerprint density at radius 2 is 2.16 bits per heavy atom. The summed E-state index contributed by atoms with van der Waals surface area (Å²) >= 11 is 0. The molecule has 2 saturated heterocycles. The van der Waals surface area contributed by atoms with Crippen molar-refractivity contribution in [2.75, 3.05) is 0 Å². The SMILES string of the molecule is CC12OC1(C(=O)O)CCCC2CC1CCCC2OC12. The lowest BCUT2D eigenvalue weighted by atomic mass is 9.68. The van der Waals surface area contributed by atoms with E-state index in [4.69, 9.17) is 9.47 Å². The lowest BCUT2D eigenvalue weighted by molar-refractivity contribution is -0.143. The van der Waals surface area contributed by atoms with Crippen LogP contribution in [-0.2, 0) is 14.3 Å². The van der Waals surface area contributed by atoms with Crippen LogP contribution in [-0.4, -0.2) is 34.5 Å². The molecule has 2 aliphatic carbocycles. The van der Waals surface area contributed by atoms with Gasteiger partial charge in [-0.1, -0.05) is 6.42 Å². The van der Waals surface area contributed by atoms with Gasteiger partial charge in [-0.25, -0.2) is 4.79 Å². The normalized spacial score (nSPS) is 55.0. The molecule has 19 heavy (non-hydrogen) atoms. The Morgan fingerprint density at radius 3 is 2.95 bits per heavy atom. The first-order valence-electron chi connectivity index (χ1n) is 7.66. The highest BCUT2D eigenvalue weighted by Gasteiger charge is 2.76. The summed E-state index contributed by atoms with van der Waals surface area (Å²) in [6.07, 6.45) is 8.58. The van der Waals surface area contributed by atoms with Gasteiger partial charge in [-0.15, -0.1) is 0 Å². The van der Waals surface area contributed by atoms with E-state index in [1.807, 2.05) is 6.92 Å². The van der Waals surface area contributed by atoms with Gasteiger partial charge in [0.05, 0.1) is 12.2 Å². The standard InChI is InChI=1S/C15H22O4/c1-14-10(5-3-7-15(14,19-14)13(16)17)8-9-4-2-6-11-12(9)18-11/h9-12H,2-8H2,1H3,(H,16,17). The minimum absolute atomic E-state index is 0.394. The molecule has 0 spiro atoms. The zero-order valence-corrected chi connectivity index (χ0v) is 11.4. The molecule has 0 aromatic rings. The maximum absolute atomic E-state index is 11.5. The van der Waals surface area contributed by atoms with E-state index in [-0.39, 0.29) is 0 Å². The van der Waals surface area contributed by atoms with Crippen molar-refractivity contribution < 1.29 is 19.4 Å². The third-order valence-corrected chi connectivity index (χ3v) is 6.09. The molecule has 1 N–H and O–H groups in total. The van der Waals surface area contributed by atoms with Crippen LogP contribution in [0.5, 0.6) is 0 Å². The van der Waals surface area contributed by atoms with Gasteiger partial charge in [-0.05, 0) is 57.3 Å². The molecule has 0 aromatic carbocycles. The number of rotatable bonds is 3. The highest BCUT2D eigenvalue weighted by molar-refractivity contribution is 5.83. The third-order valence-electron chi connectivity index (χ3n) is 6.09. The number of ether oxygens (including phenoxy) is 2. The minimum Gasteiger partial charge on any atom is -0.479 e. The lowest BCUT2D eigenvalue weighted by Crippen LogP contribution is -2.41. The van der Waals surface area contributed by atoms with Crippen LogP contribution in [0, 0.1) is 11.8 Å². The summed E-state index contributed by atoms with van der Waals surface area (Å²) in [6.45, 7) is 2.01. The summed E-state index contributed by atoms with van der Waals surface area (Å²) in [6, 6.07) is 0. The summed E-state index contributed by atoms with van der Waals surface area (Å²) in [5.41, 5.74) is -1.28. The average molecular weight is 266 g/mol. The first-order chi connectivity index (χ1) is 9.07. The van der Waals surface area contributed by atoms with Crippen LogP contribution in [0.3, 0.4) is 0 Å². The average Bonchev–Trinajstić information content (AvgIpc) is 3.22. The zero-order valence-electron chi connectivity index (χ0n) is 11.4. The first-order valence-corrected chi connectivity index (χ1v) is 7.66. The van der Waals surface area contributed by atoms with Crippen LogP contribution in [0.2, 0.25) is 0 Å². The summed E-state index contributed by atoms with van der Waals surface area (Å²) in [4.78, 5) is 11.5. The quantitative estimate of drug-likeness (QED) is 0.796. The van der Waals surface area contributed by atoms with E-state index in [1.165, 1.54) is 19.3 Å². The second kappa shape index (κ2) is 3.73. The van der Waals surface area contributed by atoms with Gasteiger partial charge < -0.3 is 14.6 Å². The highest BCUT2D eigenvalue weighted by Crippen LogP contribution is 2.62. The van der Waals surface area contributed by atoms with E-state index in [1.54, 1.807) is 0 Å². The number of aliphatic carboxylic acids is 1. The van der Waals surface area contributed by atoms with E-state index >= 15 is 0 Å². The number of fused-ring (bicyclic) bond motifs is 2. The number of hydrogen-bond donors (Lipinski definition) is 1. The van der Waals surface area contributed by atoms with Gasteiger partial charge >= 0.3 is 5.97 Å². The smallest absolute Gasteiger partial charge is 0.339 e. The molecule has 0 aromatic heterocycles. The fourth-order valence-electron chi connectivity index (χ4n) is 4.79. The molecule has 4 nitrogen and oxygen atoms in total. The van der Waals surface area contributed by atoms with Crippen molar-refractivity contribution in [2.45, 2.75) is 75.3 Å². The lowest BCUT2D eigenvalue weighted by Gasteiger charge is -2.31. The molecule has 0 amide bonds.